The van der Waals surface area contributed by atoms with Crippen molar-refractivity contribution in [2.75, 3.05) is 30.5 Å². The van der Waals surface area contributed by atoms with Crippen molar-refractivity contribution in [3.05, 3.63) is 18.2 Å². The second kappa shape index (κ2) is 4.74. The van der Waals surface area contributed by atoms with Gasteiger partial charge in [-0.1, -0.05) is 13.0 Å². The quantitative estimate of drug-likeness (QED) is 0.874. The van der Waals surface area contributed by atoms with Crippen LogP contribution in [-0.4, -0.2) is 31.3 Å². The first-order chi connectivity index (χ1) is 9.25. The molecule has 2 heterocycles. The van der Waals surface area contributed by atoms with E-state index in [4.69, 9.17) is 9.47 Å². The van der Waals surface area contributed by atoms with Crippen LogP contribution >= 0.6 is 0 Å². The first-order valence-corrected chi connectivity index (χ1v) is 6.68. The monoisotopic (exact) mass is 262 g/mol. The predicted octanol–water partition coefficient (Wildman–Crippen LogP) is 2.00. The molecule has 1 atom stereocenters. The van der Waals surface area contributed by atoms with Crippen molar-refractivity contribution < 1.29 is 14.3 Å². The molecule has 5 heteroatoms. The zero-order chi connectivity index (χ0) is 13.3. The molecule has 0 aromatic heterocycles. The number of hydrogen-bond acceptors (Lipinski definition) is 4. The summed E-state index contributed by atoms with van der Waals surface area (Å²) in [6.45, 7) is 3.72. The number of benzene rings is 1. The zero-order valence-electron chi connectivity index (χ0n) is 11.0. The molecule has 1 unspecified atom stereocenters. The standard InChI is InChI=1S/C14H18N2O3/c1-2-7-19-11-5-3-4-10-12(11)15-13(17)14(16-10)6-8-18-9-14/h3-5,16H,2,6-9H2,1H3,(H,15,17). The van der Waals surface area contributed by atoms with Gasteiger partial charge in [0, 0.05) is 13.0 Å². The molecule has 19 heavy (non-hydrogen) atoms. The third-order valence-corrected chi connectivity index (χ3v) is 3.56. The fraction of sp³-hybridized carbons (Fsp3) is 0.500. The number of fused-ring (bicyclic) bond motifs is 1. The van der Waals surface area contributed by atoms with E-state index in [1.54, 1.807) is 0 Å². The Morgan fingerprint density at radius 2 is 2.37 bits per heavy atom. The lowest BCUT2D eigenvalue weighted by atomic mass is 9.94. The molecule has 102 valence electrons. The summed E-state index contributed by atoms with van der Waals surface area (Å²) in [4.78, 5) is 12.3. The van der Waals surface area contributed by atoms with Crippen molar-refractivity contribution in [3.63, 3.8) is 0 Å². The van der Waals surface area contributed by atoms with Crippen molar-refractivity contribution in [1.82, 2.24) is 0 Å². The summed E-state index contributed by atoms with van der Waals surface area (Å²) >= 11 is 0. The minimum atomic E-state index is -0.615. The van der Waals surface area contributed by atoms with Crippen LogP contribution < -0.4 is 15.4 Å². The Labute approximate surface area is 112 Å². The second-order valence-electron chi connectivity index (χ2n) is 4.99. The summed E-state index contributed by atoms with van der Waals surface area (Å²) in [6, 6.07) is 5.76. The number of carbonyl (C=O) groups is 1. The van der Waals surface area contributed by atoms with Gasteiger partial charge in [0.25, 0.3) is 5.91 Å². The van der Waals surface area contributed by atoms with E-state index in [9.17, 15) is 4.79 Å². The summed E-state index contributed by atoms with van der Waals surface area (Å²) in [5, 5.41) is 6.29. The number of rotatable bonds is 3. The Balaban J connectivity index is 1.92. The lowest BCUT2D eigenvalue weighted by molar-refractivity contribution is -0.120. The van der Waals surface area contributed by atoms with Crippen LogP contribution in [0.1, 0.15) is 19.8 Å². The maximum absolute atomic E-state index is 12.3. The molecule has 2 aliphatic heterocycles. The number of amides is 1. The number of anilines is 2. The summed E-state index contributed by atoms with van der Waals surface area (Å²) < 4.78 is 11.0. The lowest BCUT2D eigenvalue weighted by Gasteiger charge is -2.35. The van der Waals surface area contributed by atoms with Crippen LogP contribution in [-0.2, 0) is 9.53 Å². The van der Waals surface area contributed by atoms with E-state index < -0.39 is 5.54 Å². The minimum absolute atomic E-state index is 0.0370. The average molecular weight is 262 g/mol. The summed E-state index contributed by atoms with van der Waals surface area (Å²) in [7, 11) is 0. The highest BCUT2D eigenvalue weighted by atomic mass is 16.5. The third kappa shape index (κ3) is 2.04. The number of hydrogen-bond donors (Lipinski definition) is 2. The largest absolute Gasteiger partial charge is 0.491 e. The Morgan fingerprint density at radius 1 is 1.47 bits per heavy atom. The van der Waals surface area contributed by atoms with Crippen LogP contribution in [0, 0.1) is 0 Å². The van der Waals surface area contributed by atoms with Gasteiger partial charge in [0.1, 0.15) is 17.0 Å². The van der Waals surface area contributed by atoms with Gasteiger partial charge in [-0.2, -0.15) is 0 Å². The molecular formula is C14H18N2O3. The molecule has 2 aliphatic rings. The summed E-state index contributed by atoms with van der Waals surface area (Å²) in [5.41, 5.74) is 1.02. The zero-order valence-corrected chi connectivity index (χ0v) is 11.0. The summed E-state index contributed by atoms with van der Waals surface area (Å²) in [6.07, 6.45) is 1.63. The first kappa shape index (κ1) is 12.3. The van der Waals surface area contributed by atoms with Gasteiger partial charge in [-0.15, -0.1) is 0 Å². The van der Waals surface area contributed by atoms with Gasteiger partial charge in [-0.3, -0.25) is 4.79 Å². The highest BCUT2D eigenvalue weighted by Crippen LogP contribution is 2.40. The van der Waals surface area contributed by atoms with E-state index in [-0.39, 0.29) is 5.91 Å². The van der Waals surface area contributed by atoms with Gasteiger partial charge in [0.15, 0.2) is 0 Å². The van der Waals surface area contributed by atoms with Crippen LogP contribution in [0.5, 0.6) is 5.75 Å². The molecule has 1 saturated heterocycles. The molecule has 3 rings (SSSR count). The van der Waals surface area contributed by atoms with Crippen molar-refractivity contribution in [2.45, 2.75) is 25.3 Å². The van der Waals surface area contributed by atoms with Crippen molar-refractivity contribution in [3.8, 4) is 5.75 Å². The Bertz CT molecular complexity index is 495. The number of ether oxygens (including phenoxy) is 2. The molecule has 0 radical (unpaired) electrons. The average Bonchev–Trinajstić information content (AvgIpc) is 2.87. The van der Waals surface area contributed by atoms with Gasteiger partial charge in [-0.05, 0) is 18.6 Å². The fourth-order valence-corrected chi connectivity index (χ4v) is 2.49. The van der Waals surface area contributed by atoms with Crippen LogP contribution in [0.2, 0.25) is 0 Å². The van der Waals surface area contributed by atoms with Crippen molar-refractivity contribution in [2.24, 2.45) is 0 Å². The fourth-order valence-electron chi connectivity index (χ4n) is 2.49. The first-order valence-electron chi connectivity index (χ1n) is 6.68. The highest BCUT2D eigenvalue weighted by Gasteiger charge is 2.45. The van der Waals surface area contributed by atoms with Crippen molar-refractivity contribution in [1.29, 1.82) is 0 Å². The minimum Gasteiger partial charge on any atom is -0.491 e. The maximum atomic E-state index is 12.3. The smallest absolute Gasteiger partial charge is 0.252 e. The van der Waals surface area contributed by atoms with Gasteiger partial charge in [-0.25, -0.2) is 0 Å². The molecular weight excluding hydrogens is 244 g/mol. The molecule has 2 N–H and O–H groups in total. The van der Waals surface area contributed by atoms with E-state index in [1.165, 1.54) is 0 Å². The maximum Gasteiger partial charge on any atom is 0.252 e. The van der Waals surface area contributed by atoms with E-state index in [0.29, 0.717) is 32.0 Å². The Kier molecular flexibility index (Phi) is 3.06. The Morgan fingerprint density at radius 3 is 3.11 bits per heavy atom. The number of nitrogens with one attached hydrogen (secondary N) is 2. The van der Waals surface area contributed by atoms with Crippen LogP contribution in [0.3, 0.4) is 0 Å². The third-order valence-electron chi connectivity index (χ3n) is 3.56. The highest BCUT2D eigenvalue weighted by molar-refractivity contribution is 6.07. The molecule has 0 bridgehead atoms. The van der Waals surface area contributed by atoms with Gasteiger partial charge < -0.3 is 20.1 Å². The van der Waals surface area contributed by atoms with E-state index in [1.807, 2.05) is 18.2 Å². The van der Waals surface area contributed by atoms with E-state index >= 15 is 0 Å². The van der Waals surface area contributed by atoms with Crippen LogP contribution in [0.25, 0.3) is 0 Å². The summed E-state index contributed by atoms with van der Waals surface area (Å²) in [5.74, 6) is 0.680. The normalized spacial score (nSPS) is 24.8. The molecule has 1 spiro atoms. The molecule has 1 aromatic rings. The molecule has 1 aromatic carbocycles. The van der Waals surface area contributed by atoms with Crippen LogP contribution in [0.15, 0.2) is 18.2 Å². The molecule has 1 amide bonds. The molecule has 1 fully saturated rings. The Hall–Kier alpha value is -1.75. The molecule has 5 nitrogen and oxygen atoms in total. The SMILES string of the molecule is CCCOc1cccc2c1NC(=O)C1(CCOC1)N2. The van der Waals surface area contributed by atoms with Crippen molar-refractivity contribution >= 4 is 17.3 Å². The second-order valence-corrected chi connectivity index (χ2v) is 4.99. The van der Waals surface area contributed by atoms with Gasteiger partial charge >= 0.3 is 0 Å². The van der Waals surface area contributed by atoms with Gasteiger partial charge in [0.05, 0.1) is 18.9 Å². The van der Waals surface area contributed by atoms with E-state index in [0.717, 1.165) is 17.8 Å². The molecule has 0 saturated carbocycles. The van der Waals surface area contributed by atoms with E-state index in [2.05, 4.69) is 17.6 Å². The van der Waals surface area contributed by atoms with Gasteiger partial charge in [0.2, 0.25) is 0 Å². The topological polar surface area (TPSA) is 59.6 Å². The predicted molar refractivity (Wildman–Crippen MR) is 72.6 cm³/mol. The van der Waals surface area contributed by atoms with Crippen LogP contribution in [0.4, 0.5) is 11.4 Å². The number of carbonyl (C=O) groups excluding carboxylic acids is 1. The lowest BCUT2D eigenvalue weighted by Crippen LogP contribution is -2.53. The molecule has 0 aliphatic carbocycles. The number of para-hydroxylation sites is 1.